The molecule has 8 atom stereocenters. The molecule has 4 aliphatic rings. The topological polar surface area (TPSA) is 320 Å². The molecule has 14 N–H and O–H groups in total. The highest BCUT2D eigenvalue weighted by atomic mass is 16.7. The quantitative estimate of drug-likeness (QED) is 0.110. The number of hydrogen-bond acceptors (Lipinski definition) is 18. The zero-order chi connectivity index (χ0) is 44.5. The van der Waals surface area contributed by atoms with E-state index in [9.17, 15) is 71.5 Å². The number of aromatic hydroxyl groups is 11. The van der Waals surface area contributed by atoms with E-state index in [1.807, 2.05) is 0 Å². The van der Waals surface area contributed by atoms with Gasteiger partial charge < -0.3 is 90.4 Å². The van der Waals surface area contributed by atoms with Crippen molar-refractivity contribution in [3.63, 3.8) is 0 Å². The van der Waals surface area contributed by atoms with E-state index in [2.05, 4.69) is 0 Å². The zero-order valence-corrected chi connectivity index (χ0v) is 32.1. The monoisotopic (exact) mass is 864 g/mol. The third kappa shape index (κ3) is 5.68. The van der Waals surface area contributed by atoms with Crippen LogP contribution in [0.15, 0.2) is 78.9 Å². The van der Waals surface area contributed by atoms with E-state index >= 15 is 0 Å². The van der Waals surface area contributed by atoms with Crippen molar-refractivity contribution in [2.75, 3.05) is 0 Å². The highest BCUT2D eigenvalue weighted by Gasteiger charge is 2.61. The van der Waals surface area contributed by atoms with Gasteiger partial charge in [-0.1, -0.05) is 12.1 Å². The van der Waals surface area contributed by atoms with Crippen LogP contribution in [-0.4, -0.2) is 89.8 Å². The molecular weight excluding hydrogens is 828 g/mol. The van der Waals surface area contributed by atoms with Crippen molar-refractivity contribution in [1.82, 2.24) is 0 Å². The van der Waals surface area contributed by atoms with Crippen molar-refractivity contribution in [2.24, 2.45) is 0 Å². The molecule has 0 aliphatic carbocycles. The fourth-order valence-electron chi connectivity index (χ4n) is 9.32. The second kappa shape index (κ2) is 13.6. The summed E-state index contributed by atoms with van der Waals surface area (Å²) in [7, 11) is 0. The van der Waals surface area contributed by atoms with Crippen LogP contribution in [0.1, 0.15) is 68.6 Å². The summed E-state index contributed by atoms with van der Waals surface area (Å²) in [5.41, 5.74) is -0.583. The maximum atomic E-state index is 12.5. The molecule has 6 aromatic rings. The number of aliphatic hydroxyl groups excluding tert-OH is 3. The molecule has 0 fully saturated rings. The van der Waals surface area contributed by atoms with Crippen molar-refractivity contribution in [2.45, 2.75) is 54.6 Å². The van der Waals surface area contributed by atoms with Crippen LogP contribution in [0, 0.1) is 0 Å². The van der Waals surface area contributed by atoms with Crippen LogP contribution in [0.4, 0.5) is 0 Å². The first-order chi connectivity index (χ1) is 30.0. The largest absolute Gasteiger partial charge is 0.508 e. The highest BCUT2D eigenvalue weighted by molar-refractivity contribution is 5.72. The lowest BCUT2D eigenvalue weighted by Gasteiger charge is -2.51. The molecule has 0 spiro atoms. The molecule has 0 saturated carbocycles. The number of fused-ring (bicyclic) bond motifs is 9. The molecule has 6 aromatic carbocycles. The standard InChI is InChI=1S/C45H36O18/c46-18-10-27(54)33-31(11-18)62-45(17-3-6-22(49)26(53)9-17)44(59)38(33)36-32(63-45)14-29(56)35-37(39(58)41(61-43(35)36)16-2-5-21(48)25(52)8-16)34-28(55)13-23(50)19-12-30(57)40(60-42(19)34)15-1-4-20(47)24(51)7-15/h1-11,13-14,30,37-41,44,46-59H,12H2/t30-,37+,38-,39-,40-,41?,44-,45+/m1/s1. The lowest BCUT2D eigenvalue weighted by atomic mass is 9.71. The fourth-order valence-corrected chi connectivity index (χ4v) is 9.32. The lowest BCUT2D eigenvalue weighted by molar-refractivity contribution is -0.219. The zero-order valence-electron chi connectivity index (χ0n) is 32.1. The maximum Gasteiger partial charge on any atom is 0.305 e. The Morgan fingerprint density at radius 3 is 1.62 bits per heavy atom. The Labute approximate surface area is 354 Å². The van der Waals surface area contributed by atoms with Gasteiger partial charge in [0.2, 0.25) is 0 Å². The van der Waals surface area contributed by atoms with Gasteiger partial charge in [-0.15, -0.1) is 0 Å². The van der Waals surface area contributed by atoms with Crippen LogP contribution < -0.4 is 18.9 Å². The van der Waals surface area contributed by atoms with Crippen LogP contribution in [-0.2, 0) is 12.2 Å². The first kappa shape index (κ1) is 39.3. The Bertz CT molecular complexity index is 2910. The number of phenolic OH excluding ortho intramolecular Hbond substituents is 11. The van der Waals surface area contributed by atoms with E-state index < -0.39 is 111 Å². The third-order valence-electron chi connectivity index (χ3n) is 12.2. The molecule has 18 nitrogen and oxygen atoms in total. The van der Waals surface area contributed by atoms with E-state index in [0.717, 1.165) is 60.7 Å². The summed E-state index contributed by atoms with van der Waals surface area (Å²) < 4.78 is 25.6. The Balaban J connectivity index is 1.25. The molecule has 10 rings (SSSR count). The smallest absolute Gasteiger partial charge is 0.305 e. The summed E-state index contributed by atoms with van der Waals surface area (Å²) >= 11 is 0. The molecular formula is C45H36O18. The summed E-state index contributed by atoms with van der Waals surface area (Å²) in [6, 6.07) is 14.8. The first-order valence-corrected chi connectivity index (χ1v) is 19.3. The Hall–Kier alpha value is -7.80. The average Bonchev–Trinajstić information content (AvgIpc) is 3.22. The molecule has 324 valence electrons. The van der Waals surface area contributed by atoms with Crippen LogP contribution in [0.5, 0.6) is 86.2 Å². The first-order valence-electron chi connectivity index (χ1n) is 19.3. The van der Waals surface area contributed by atoms with Crippen molar-refractivity contribution >= 4 is 0 Å². The number of ether oxygens (including phenoxy) is 4. The summed E-state index contributed by atoms with van der Waals surface area (Å²) in [6.45, 7) is 0. The molecule has 0 aromatic heterocycles. The van der Waals surface area contributed by atoms with Gasteiger partial charge in [-0.3, -0.25) is 0 Å². The molecule has 0 saturated heterocycles. The molecule has 4 heterocycles. The summed E-state index contributed by atoms with van der Waals surface area (Å²) in [6.07, 6.45) is -8.29. The number of benzene rings is 6. The minimum Gasteiger partial charge on any atom is -0.508 e. The van der Waals surface area contributed by atoms with Gasteiger partial charge in [-0.2, -0.15) is 0 Å². The van der Waals surface area contributed by atoms with Crippen LogP contribution >= 0.6 is 0 Å². The Kier molecular flexibility index (Phi) is 8.49. The number of phenols is 11. The molecule has 18 heteroatoms. The predicted molar refractivity (Wildman–Crippen MR) is 212 cm³/mol. The van der Waals surface area contributed by atoms with Crippen molar-refractivity contribution in [3.8, 4) is 86.2 Å². The van der Waals surface area contributed by atoms with Crippen LogP contribution in [0.3, 0.4) is 0 Å². The van der Waals surface area contributed by atoms with Crippen LogP contribution in [0.2, 0.25) is 0 Å². The molecule has 0 radical (unpaired) electrons. The van der Waals surface area contributed by atoms with E-state index in [1.54, 1.807) is 0 Å². The molecule has 0 amide bonds. The van der Waals surface area contributed by atoms with Gasteiger partial charge in [-0.25, -0.2) is 0 Å². The van der Waals surface area contributed by atoms with Crippen molar-refractivity contribution in [1.29, 1.82) is 0 Å². The van der Waals surface area contributed by atoms with Crippen molar-refractivity contribution < 1.29 is 90.4 Å². The van der Waals surface area contributed by atoms with Gasteiger partial charge in [0.05, 0.1) is 17.9 Å². The molecule has 63 heavy (non-hydrogen) atoms. The van der Waals surface area contributed by atoms with Gasteiger partial charge in [0.15, 0.2) is 40.6 Å². The Morgan fingerprint density at radius 1 is 0.444 bits per heavy atom. The minimum atomic E-state index is -2.31. The second-order valence-corrected chi connectivity index (χ2v) is 15.9. The third-order valence-corrected chi connectivity index (χ3v) is 12.2. The van der Waals surface area contributed by atoms with Gasteiger partial charge in [0.25, 0.3) is 0 Å². The van der Waals surface area contributed by atoms with E-state index in [1.165, 1.54) is 18.2 Å². The molecule has 1 unspecified atom stereocenters. The summed E-state index contributed by atoms with van der Waals surface area (Å²) in [5.74, 6) is -12.6. The SMILES string of the molecule is Oc1cc(O)c2c(c1)O[C@@]1(c3ccc(O)c(O)c3)Oc3cc(O)c4c(c3[C@@H]2[C@H]1O)OC(c1ccc(O)c(O)c1)[C@H](O)[C@H]4c1c(O)cc(O)c2c1O[C@H](c1ccc(O)c(O)c1)[C@H](O)C2. The summed E-state index contributed by atoms with van der Waals surface area (Å²) in [4.78, 5) is 0. The molecule has 4 aliphatic heterocycles. The van der Waals surface area contributed by atoms with Gasteiger partial charge >= 0.3 is 5.79 Å². The van der Waals surface area contributed by atoms with Gasteiger partial charge in [0.1, 0.15) is 70.1 Å². The van der Waals surface area contributed by atoms with E-state index in [4.69, 9.17) is 18.9 Å². The Morgan fingerprint density at radius 2 is 0.984 bits per heavy atom. The highest BCUT2D eigenvalue weighted by Crippen LogP contribution is 2.65. The number of aliphatic hydroxyl groups is 3. The minimum absolute atomic E-state index is 0.0325. The maximum absolute atomic E-state index is 12.5. The summed E-state index contributed by atoms with van der Waals surface area (Å²) in [5, 5.41) is 155. The lowest BCUT2D eigenvalue weighted by Crippen LogP contribution is -2.57. The predicted octanol–water partition coefficient (Wildman–Crippen LogP) is 4.24. The van der Waals surface area contributed by atoms with Crippen LogP contribution in [0.25, 0.3) is 0 Å². The van der Waals surface area contributed by atoms with Gasteiger partial charge in [0, 0.05) is 64.1 Å². The van der Waals surface area contributed by atoms with E-state index in [0.29, 0.717) is 0 Å². The number of hydrogen-bond donors (Lipinski definition) is 14. The fraction of sp³-hybridized carbons (Fsp3) is 0.200. The van der Waals surface area contributed by atoms with Gasteiger partial charge in [-0.05, 0) is 53.6 Å². The van der Waals surface area contributed by atoms with Crippen molar-refractivity contribution in [3.05, 3.63) is 123 Å². The van der Waals surface area contributed by atoms with E-state index in [-0.39, 0.29) is 73.9 Å². The normalized spacial score (nSPS) is 25.2. The molecule has 2 bridgehead atoms. The number of rotatable bonds is 4. The second-order valence-electron chi connectivity index (χ2n) is 15.9. The average molecular weight is 865 g/mol.